The molecule has 1 aliphatic rings. The fourth-order valence-corrected chi connectivity index (χ4v) is 3.35. The van der Waals surface area contributed by atoms with Crippen LogP contribution in [0, 0.1) is 6.92 Å². The van der Waals surface area contributed by atoms with Crippen LogP contribution in [0.5, 0.6) is 11.5 Å². The van der Waals surface area contributed by atoms with Gasteiger partial charge in [-0.25, -0.2) is 15.0 Å². The molecule has 0 atom stereocenters. The fraction of sp³-hybridized carbons (Fsp3) is 0.381. The maximum absolute atomic E-state index is 5.47. The third kappa shape index (κ3) is 5.47. The number of fused-ring (bicyclic) bond motifs is 1. The number of rotatable bonds is 6. The van der Waals surface area contributed by atoms with Crippen molar-refractivity contribution in [1.82, 2.24) is 19.5 Å². The van der Waals surface area contributed by atoms with Gasteiger partial charge in [-0.05, 0) is 49.9 Å². The number of halogens is 1. The Morgan fingerprint density at radius 2 is 1.87 bits per heavy atom. The summed E-state index contributed by atoms with van der Waals surface area (Å²) in [6, 6.07) is 8.28. The summed E-state index contributed by atoms with van der Waals surface area (Å²) < 4.78 is 12.7. The van der Waals surface area contributed by atoms with Gasteiger partial charge in [0, 0.05) is 23.5 Å². The van der Waals surface area contributed by atoms with E-state index in [1.54, 1.807) is 12.5 Å². The number of hydrogen-bond acceptors (Lipinski definition) is 7. The highest BCUT2D eigenvalue weighted by molar-refractivity contribution is 5.85. The van der Waals surface area contributed by atoms with Crippen molar-refractivity contribution in [3.05, 3.63) is 59.9 Å². The van der Waals surface area contributed by atoms with Gasteiger partial charge in [0.2, 0.25) is 12.7 Å². The van der Waals surface area contributed by atoms with E-state index >= 15 is 0 Å². The highest BCUT2D eigenvalue weighted by atomic mass is 35.5. The van der Waals surface area contributed by atoms with Crippen LogP contribution in [-0.4, -0.2) is 26.3 Å². The van der Waals surface area contributed by atoms with Crippen LogP contribution >= 0.6 is 12.4 Å². The molecule has 0 saturated carbocycles. The Morgan fingerprint density at radius 1 is 1.10 bits per heavy atom. The average molecular weight is 433 g/mol. The average Bonchev–Trinajstić information content (AvgIpc) is 3.40. The van der Waals surface area contributed by atoms with Gasteiger partial charge in [0.15, 0.2) is 11.5 Å². The van der Waals surface area contributed by atoms with Gasteiger partial charge < -0.3 is 9.47 Å². The van der Waals surface area contributed by atoms with Gasteiger partial charge in [0.05, 0.1) is 5.69 Å². The number of hydrazine groups is 1. The number of benzene rings is 1. The van der Waals surface area contributed by atoms with Crippen LogP contribution in [0.25, 0.3) is 5.95 Å². The van der Waals surface area contributed by atoms with E-state index in [1.165, 1.54) is 5.56 Å². The van der Waals surface area contributed by atoms with Gasteiger partial charge >= 0.3 is 0 Å². The van der Waals surface area contributed by atoms with Gasteiger partial charge in [-0.2, -0.15) is 0 Å². The van der Waals surface area contributed by atoms with Crippen LogP contribution in [0.3, 0.4) is 0 Å². The number of imidazole rings is 1. The van der Waals surface area contributed by atoms with Crippen molar-refractivity contribution in [2.45, 2.75) is 45.4 Å². The van der Waals surface area contributed by atoms with Crippen molar-refractivity contribution in [1.29, 1.82) is 0 Å². The molecule has 30 heavy (non-hydrogen) atoms. The summed E-state index contributed by atoms with van der Waals surface area (Å²) in [6.07, 6.45) is 8.42. The predicted molar refractivity (Wildman–Crippen MR) is 118 cm³/mol. The molecule has 3 aromatic rings. The van der Waals surface area contributed by atoms with Crippen molar-refractivity contribution in [3.8, 4) is 17.4 Å². The number of ether oxygens (including phenoxy) is 2. The molecule has 4 rings (SSSR count). The van der Waals surface area contributed by atoms with Gasteiger partial charge in [-0.15, -0.1) is 12.4 Å². The van der Waals surface area contributed by atoms with E-state index in [2.05, 4.69) is 53.7 Å². The van der Waals surface area contributed by atoms with Crippen LogP contribution in [0.1, 0.15) is 43.6 Å². The van der Waals surface area contributed by atoms with Gasteiger partial charge in [0.25, 0.3) is 0 Å². The van der Waals surface area contributed by atoms with E-state index in [0.29, 0.717) is 12.7 Å². The Hall–Kier alpha value is -2.68. The number of aryl methyl sites for hydroxylation is 2. The number of nitrogens with zero attached hydrogens (tertiary/aromatic N) is 4. The maximum Gasteiger partial charge on any atom is 0.235 e. The molecular formula is C21H29ClN6O2. The Labute approximate surface area is 183 Å². The molecule has 3 heterocycles. The van der Waals surface area contributed by atoms with Crippen molar-refractivity contribution < 1.29 is 9.47 Å². The minimum Gasteiger partial charge on any atom is -0.454 e. The largest absolute Gasteiger partial charge is 0.454 e. The summed E-state index contributed by atoms with van der Waals surface area (Å²) >= 11 is 0. The van der Waals surface area contributed by atoms with Crippen molar-refractivity contribution >= 4 is 12.4 Å². The number of nitrogens with two attached hydrogens (primary N) is 2. The van der Waals surface area contributed by atoms with E-state index in [4.69, 9.17) is 14.5 Å². The van der Waals surface area contributed by atoms with Gasteiger partial charge in [0.1, 0.15) is 6.33 Å². The summed E-state index contributed by atoms with van der Waals surface area (Å²) in [5, 5.41) is 0. The molecule has 2 aromatic heterocycles. The first-order valence-electron chi connectivity index (χ1n) is 9.58. The first-order valence-corrected chi connectivity index (χ1v) is 9.58. The van der Waals surface area contributed by atoms with E-state index in [-0.39, 0.29) is 17.8 Å². The normalized spacial score (nSPS) is 12.0. The van der Waals surface area contributed by atoms with Crippen LogP contribution in [-0.2, 0) is 11.8 Å². The molecule has 0 radical (unpaired) electrons. The maximum atomic E-state index is 5.47. The molecule has 0 amide bonds. The lowest BCUT2D eigenvalue weighted by Crippen LogP contribution is -2.21. The molecule has 0 fully saturated rings. The third-order valence-corrected chi connectivity index (χ3v) is 4.98. The second kappa shape index (κ2) is 10.4. The molecular weight excluding hydrogens is 404 g/mol. The van der Waals surface area contributed by atoms with Crippen molar-refractivity contribution in [3.63, 3.8) is 0 Å². The second-order valence-electron chi connectivity index (χ2n) is 7.59. The molecule has 8 nitrogen and oxygen atoms in total. The van der Waals surface area contributed by atoms with E-state index in [0.717, 1.165) is 42.1 Å². The van der Waals surface area contributed by atoms with Gasteiger partial charge in [-0.1, -0.05) is 19.9 Å². The lowest BCUT2D eigenvalue weighted by atomic mass is 9.83. The van der Waals surface area contributed by atoms with Crippen LogP contribution in [0.15, 0.2) is 43.0 Å². The third-order valence-electron chi connectivity index (χ3n) is 4.98. The molecule has 0 aliphatic carbocycles. The van der Waals surface area contributed by atoms with Gasteiger partial charge in [-0.3, -0.25) is 16.3 Å². The standard InChI is InChI=1S/C21H24N4O2.ClH.H4N2/c1-15-11-19(24-20(23-15)25-10-9-22-13-25)21(2,3)8-4-5-16-6-7-17-18(12-16)27-14-26-17;;1-2/h6-7,9-13H,4-5,8,14H2,1-3H3;1H;1-2H2. The lowest BCUT2D eigenvalue weighted by Gasteiger charge is -2.25. The fourth-order valence-electron chi connectivity index (χ4n) is 3.35. The molecule has 0 unspecified atom stereocenters. The summed E-state index contributed by atoms with van der Waals surface area (Å²) in [4.78, 5) is 13.4. The van der Waals surface area contributed by atoms with Crippen LogP contribution < -0.4 is 21.2 Å². The first-order chi connectivity index (χ1) is 14.0. The minimum absolute atomic E-state index is 0. The zero-order valence-electron chi connectivity index (χ0n) is 17.5. The highest BCUT2D eigenvalue weighted by Crippen LogP contribution is 2.34. The zero-order chi connectivity index (χ0) is 20.9. The SMILES string of the molecule is Cc1cc(C(C)(C)CCCc2ccc3c(c2)OCO3)nc(-n2ccnc2)n1.Cl.NN. The molecule has 1 aliphatic heterocycles. The van der Waals surface area contributed by atoms with E-state index in [9.17, 15) is 0 Å². The smallest absolute Gasteiger partial charge is 0.235 e. The quantitative estimate of drug-likeness (QED) is 0.453. The second-order valence-corrected chi connectivity index (χ2v) is 7.59. The highest BCUT2D eigenvalue weighted by Gasteiger charge is 2.23. The molecule has 1 aromatic carbocycles. The van der Waals surface area contributed by atoms with Crippen LogP contribution in [0.4, 0.5) is 0 Å². The number of hydrogen-bond donors (Lipinski definition) is 2. The molecule has 4 N–H and O–H groups in total. The Morgan fingerprint density at radius 3 is 2.60 bits per heavy atom. The topological polar surface area (TPSA) is 114 Å². The Kier molecular flexibility index (Phi) is 8.16. The summed E-state index contributed by atoms with van der Waals surface area (Å²) in [7, 11) is 0. The van der Waals surface area contributed by atoms with E-state index in [1.807, 2.05) is 23.8 Å². The summed E-state index contributed by atoms with van der Waals surface area (Å²) in [6.45, 7) is 6.81. The minimum atomic E-state index is -0.0423. The lowest BCUT2D eigenvalue weighted by molar-refractivity contribution is 0.174. The zero-order valence-corrected chi connectivity index (χ0v) is 18.4. The van der Waals surface area contributed by atoms with Crippen LogP contribution in [0.2, 0.25) is 0 Å². The Bertz CT molecular complexity index is 947. The molecule has 0 bridgehead atoms. The molecule has 0 saturated heterocycles. The Balaban J connectivity index is 0.00000104. The predicted octanol–water partition coefficient (Wildman–Crippen LogP) is 3.24. The monoisotopic (exact) mass is 432 g/mol. The van der Waals surface area contributed by atoms with Crippen molar-refractivity contribution in [2.75, 3.05) is 6.79 Å². The molecule has 9 heteroatoms. The molecule has 162 valence electrons. The first kappa shape index (κ1) is 23.6. The summed E-state index contributed by atoms with van der Waals surface area (Å²) in [5.74, 6) is 10.4. The number of aromatic nitrogens is 4. The van der Waals surface area contributed by atoms with Crippen molar-refractivity contribution in [2.24, 2.45) is 11.7 Å². The summed E-state index contributed by atoms with van der Waals surface area (Å²) in [5.41, 5.74) is 3.25. The molecule has 0 spiro atoms. The van der Waals surface area contributed by atoms with E-state index < -0.39 is 0 Å².